The molecule has 0 heterocycles. The van der Waals surface area contributed by atoms with E-state index in [0.717, 1.165) is 19.3 Å². The fraction of sp³-hybridized carbons (Fsp3) is 0.875. The first-order valence-corrected chi connectivity index (χ1v) is 8.02. The second kappa shape index (κ2) is 6.20. The summed E-state index contributed by atoms with van der Waals surface area (Å²) >= 11 is 0. The van der Waals surface area contributed by atoms with Gasteiger partial charge in [-0.25, -0.2) is 9.59 Å². The fourth-order valence-electron chi connectivity index (χ4n) is 3.88. The van der Waals surface area contributed by atoms with Gasteiger partial charge in [0.1, 0.15) is 5.60 Å². The van der Waals surface area contributed by atoms with Crippen LogP contribution in [0.4, 0.5) is 13.2 Å². The second-order valence-corrected chi connectivity index (χ2v) is 7.50. The molecule has 0 aromatic carbocycles. The lowest BCUT2D eigenvalue weighted by molar-refractivity contribution is -0.257. The molecule has 138 valence electrons. The maximum Gasteiger partial charge on any atom is 0.427 e. The molecule has 2 aliphatic rings. The Morgan fingerprint density at radius 2 is 1.75 bits per heavy atom. The van der Waals surface area contributed by atoms with Crippen LogP contribution in [0.2, 0.25) is 0 Å². The number of hydrogen-bond acceptors (Lipinski definition) is 5. The van der Waals surface area contributed by atoms with E-state index < -0.39 is 35.9 Å². The molecule has 4 unspecified atom stereocenters. The molecule has 2 fully saturated rings. The van der Waals surface area contributed by atoms with Gasteiger partial charge >= 0.3 is 18.1 Å². The van der Waals surface area contributed by atoms with E-state index in [4.69, 9.17) is 9.84 Å². The molecule has 24 heavy (non-hydrogen) atoms. The molecule has 5 nitrogen and oxygen atoms in total. The minimum Gasteiger partial charge on any atom is -0.457 e. The Bertz CT molecular complexity index is 512. The number of carbonyl (C=O) groups is 2. The van der Waals surface area contributed by atoms with Crippen LogP contribution in [0.15, 0.2) is 0 Å². The summed E-state index contributed by atoms with van der Waals surface area (Å²) in [5.41, 5.74) is -4.43. The molecule has 0 saturated heterocycles. The highest BCUT2D eigenvalue weighted by Gasteiger charge is 2.57. The summed E-state index contributed by atoms with van der Waals surface area (Å²) in [7, 11) is 0. The maximum absolute atomic E-state index is 12.5. The van der Waals surface area contributed by atoms with Crippen molar-refractivity contribution in [3.05, 3.63) is 0 Å². The number of rotatable bonds is 5. The molecular weight excluding hydrogens is 329 g/mol. The summed E-state index contributed by atoms with van der Waals surface area (Å²) < 4.78 is 47.1. The van der Waals surface area contributed by atoms with E-state index in [1.165, 1.54) is 6.42 Å². The van der Waals surface area contributed by atoms with Crippen LogP contribution < -0.4 is 0 Å². The maximum atomic E-state index is 12.5. The molecule has 0 aromatic rings. The lowest BCUT2D eigenvalue weighted by Gasteiger charge is -2.36. The van der Waals surface area contributed by atoms with Crippen LogP contribution in [-0.2, 0) is 19.1 Å². The molecule has 2 rings (SSSR count). The minimum atomic E-state index is -5.18. The number of hydrogen-bond donors (Lipinski definition) is 1. The van der Waals surface area contributed by atoms with E-state index in [2.05, 4.69) is 4.74 Å². The summed E-state index contributed by atoms with van der Waals surface area (Å²) in [5.74, 6) is -1.50. The molecular formula is C16H23F3O5. The van der Waals surface area contributed by atoms with Crippen LogP contribution >= 0.6 is 0 Å². The molecule has 8 heteroatoms. The summed E-state index contributed by atoms with van der Waals surface area (Å²) in [4.78, 5) is 23.2. The van der Waals surface area contributed by atoms with Crippen molar-refractivity contribution < 1.29 is 37.3 Å². The van der Waals surface area contributed by atoms with Gasteiger partial charge in [-0.05, 0) is 51.9 Å². The third-order valence-electron chi connectivity index (χ3n) is 5.28. The number of halogens is 3. The molecule has 0 radical (unpaired) electrons. The van der Waals surface area contributed by atoms with Crippen LogP contribution in [0.5, 0.6) is 0 Å². The summed E-state index contributed by atoms with van der Waals surface area (Å²) in [6.45, 7) is 2.85. The fourth-order valence-corrected chi connectivity index (χ4v) is 3.88. The Kier molecular flexibility index (Phi) is 4.92. The molecule has 0 aliphatic heterocycles. The quantitative estimate of drug-likeness (QED) is 0.770. The number of carbonyl (C=O) groups excluding carboxylic acids is 2. The van der Waals surface area contributed by atoms with Gasteiger partial charge < -0.3 is 14.6 Å². The first kappa shape index (κ1) is 19.0. The molecule has 4 atom stereocenters. The van der Waals surface area contributed by atoms with Crippen molar-refractivity contribution >= 4 is 11.9 Å². The largest absolute Gasteiger partial charge is 0.457 e. The Labute approximate surface area is 138 Å². The van der Waals surface area contributed by atoms with Gasteiger partial charge in [-0.15, -0.1) is 0 Å². The van der Waals surface area contributed by atoms with Crippen LogP contribution in [0.1, 0.15) is 46.5 Å². The highest BCUT2D eigenvalue weighted by Crippen LogP contribution is 2.52. The van der Waals surface area contributed by atoms with E-state index in [1.54, 1.807) is 13.8 Å². The van der Waals surface area contributed by atoms with Gasteiger partial charge in [-0.2, -0.15) is 13.2 Å². The van der Waals surface area contributed by atoms with Crippen LogP contribution in [0.25, 0.3) is 0 Å². The van der Waals surface area contributed by atoms with E-state index >= 15 is 0 Å². The second-order valence-electron chi connectivity index (χ2n) is 7.50. The summed E-state index contributed by atoms with van der Waals surface area (Å²) in [6.07, 6.45) is -0.811. The predicted octanol–water partition coefficient (Wildman–Crippen LogP) is 2.60. The molecule has 0 spiro atoms. The number of esters is 2. The first-order chi connectivity index (χ1) is 10.8. The normalized spacial score (nSPS) is 29.2. The summed E-state index contributed by atoms with van der Waals surface area (Å²) in [5, 5.41) is 9.16. The minimum absolute atomic E-state index is 0.203. The average molecular weight is 352 g/mol. The number of aliphatic hydroxyl groups is 1. The molecule has 2 aliphatic carbocycles. The zero-order valence-electron chi connectivity index (χ0n) is 14.0. The Morgan fingerprint density at radius 1 is 1.12 bits per heavy atom. The molecule has 1 N–H and O–H groups in total. The van der Waals surface area contributed by atoms with Gasteiger partial charge in [-0.3, -0.25) is 0 Å². The van der Waals surface area contributed by atoms with E-state index in [-0.39, 0.29) is 12.8 Å². The highest BCUT2D eigenvalue weighted by molar-refractivity contribution is 5.82. The Morgan fingerprint density at radius 3 is 2.21 bits per heavy atom. The third kappa shape index (κ3) is 3.68. The average Bonchev–Trinajstić information content (AvgIpc) is 3.05. The molecule has 2 bridgehead atoms. The van der Waals surface area contributed by atoms with Gasteiger partial charge in [0, 0.05) is 5.92 Å². The first-order valence-electron chi connectivity index (χ1n) is 8.02. The van der Waals surface area contributed by atoms with Gasteiger partial charge in [0.2, 0.25) is 0 Å². The number of alkyl halides is 3. The van der Waals surface area contributed by atoms with Gasteiger partial charge in [0.15, 0.2) is 6.61 Å². The SMILES string of the molecule is CC(C)(OC(=O)COC(=O)C(C)(O)C(F)(F)F)C1CC2CCC1C2. The van der Waals surface area contributed by atoms with Crippen molar-refractivity contribution in [2.45, 2.75) is 63.8 Å². The monoisotopic (exact) mass is 352 g/mol. The van der Waals surface area contributed by atoms with E-state index in [1.807, 2.05) is 0 Å². The third-order valence-corrected chi connectivity index (χ3v) is 5.28. The summed E-state index contributed by atoms with van der Waals surface area (Å²) in [6, 6.07) is 0. The van der Waals surface area contributed by atoms with Crippen molar-refractivity contribution in [1.82, 2.24) is 0 Å². The van der Waals surface area contributed by atoms with Crippen LogP contribution in [0.3, 0.4) is 0 Å². The number of ether oxygens (including phenoxy) is 2. The molecule has 0 aromatic heterocycles. The standard InChI is InChI=1S/C16H23F3O5/c1-14(2,11-7-9-4-5-10(11)6-9)24-12(20)8-23-13(21)15(3,22)16(17,18)19/h9-11,22H,4-8H2,1-3H3. The van der Waals surface area contributed by atoms with Gasteiger partial charge in [0.25, 0.3) is 5.60 Å². The van der Waals surface area contributed by atoms with Gasteiger partial charge in [-0.1, -0.05) is 6.42 Å². The van der Waals surface area contributed by atoms with Crippen molar-refractivity contribution in [3.63, 3.8) is 0 Å². The highest BCUT2D eigenvalue weighted by atomic mass is 19.4. The van der Waals surface area contributed by atoms with E-state index in [0.29, 0.717) is 11.8 Å². The van der Waals surface area contributed by atoms with Crippen molar-refractivity contribution in [2.24, 2.45) is 17.8 Å². The van der Waals surface area contributed by atoms with Crippen molar-refractivity contribution in [2.75, 3.05) is 6.61 Å². The van der Waals surface area contributed by atoms with Gasteiger partial charge in [0.05, 0.1) is 0 Å². The van der Waals surface area contributed by atoms with Crippen molar-refractivity contribution in [1.29, 1.82) is 0 Å². The smallest absolute Gasteiger partial charge is 0.427 e. The number of fused-ring (bicyclic) bond motifs is 2. The van der Waals surface area contributed by atoms with Crippen molar-refractivity contribution in [3.8, 4) is 0 Å². The van der Waals surface area contributed by atoms with Crippen LogP contribution in [0, 0.1) is 17.8 Å². The lowest BCUT2D eigenvalue weighted by atomic mass is 9.78. The zero-order valence-corrected chi connectivity index (χ0v) is 14.0. The topological polar surface area (TPSA) is 72.8 Å². The predicted molar refractivity (Wildman–Crippen MR) is 76.7 cm³/mol. The Balaban J connectivity index is 1.86. The molecule has 2 saturated carbocycles. The lowest BCUT2D eigenvalue weighted by Crippen LogP contribution is -2.50. The Hall–Kier alpha value is -1.31. The zero-order chi connectivity index (χ0) is 18.3. The molecule has 0 amide bonds. The van der Waals surface area contributed by atoms with Crippen LogP contribution in [-0.4, -0.2) is 41.0 Å². The van der Waals surface area contributed by atoms with E-state index in [9.17, 15) is 22.8 Å².